The van der Waals surface area contributed by atoms with Crippen LogP contribution in [-0.2, 0) is 6.54 Å². The summed E-state index contributed by atoms with van der Waals surface area (Å²) >= 11 is 1.37. The second-order valence-corrected chi connectivity index (χ2v) is 8.37. The number of likely N-dealkylation sites (tertiary alicyclic amines) is 1. The van der Waals surface area contributed by atoms with E-state index in [4.69, 9.17) is 0 Å². The number of β-amino-alcohol motifs (C(OH)–C–C–N with tert-alkyl or cyclic N) is 1. The van der Waals surface area contributed by atoms with Crippen LogP contribution in [0.25, 0.3) is 10.2 Å². The van der Waals surface area contributed by atoms with E-state index in [1.807, 2.05) is 23.4 Å². The summed E-state index contributed by atoms with van der Waals surface area (Å²) in [6, 6.07) is 5.36. The van der Waals surface area contributed by atoms with Gasteiger partial charge in [0.1, 0.15) is 16.2 Å². The summed E-state index contributed by atoms with van der Waals surface area (Å²) in [4.78, 5) is 38.6. The van der Waals surface area contributed by atoms with Gasteiger partial charge in [0.15, 0.2) is 0 Å². The monoisotopic (exact) mass is 401 g/mol. The number of likely N-dealkylation sites (N-methyl/N-ethyl adjacent to an activating group) is 1. The van der Waals surface area contributed by atoms with Crippen LogP contribution in [-0.4, -0.2) is 68.0 Å². The molecule has 0 saturated carbocycles. The molecule has 0 aromatic carbocycles. The van der Waals surface area contributed by atoms with Crippen LogP contribution >= 0.6 is 11.3 Å². The zero-order chi connectivity index (χ0) is 19.7. The third kappa shape index (κ3) is 3.87. The topological polar surface area (TPSA) is 105 Å². The number of aromatic amines is 2. The molecule has 8 nitrogen and oxygen atoms in total. The minimum absolute atomic E-state index is 0.0975. The Morgan fingerprint density at radius 1 is 1.46 bits per heavy atom. The quantitative estimate of drug-likeness (QED) is 0.600. The summed E-state index contributed by atoms with van der Waals surface area (Å²) in [7, 11) is 1.88. The highest BCUT2D eigenvalue weighted by molar-refractivity contribution is 7.17. The van der Waals surface area contributed by atoms with Gasteiger partial charge in [0.2, 0.25) is 0 Å². The maximum absolute atomic E-state index is 12.6. The fourth-order valence-electron chi connectivity index (χ4n) is 3.86. The van der Waals surface area contributed by atoms with Gasteiger partial charge in [-0.2, -0.15) is 0 Å². The fraction of sp³-hybridized carbons (Fsp3) is 0.421. The Labute approximate surface area is 165 Å². The van der Waals surface area contributed by atoms with Crippen molar-refractivity contribution in [2.75, 3.05) is 26.7 Å². The van der Waals surface area contributed by atoms with E-state index in [1.165, 1.54) is 11.3 Å². The van der Waals surface area contributed by atoms with Crippen LogP contribution in [0.3, 0.4) is 0 Å². The average molecular weight is 401 g/mol. The molecular weight excluding hydrogens is 378 g/mol. The lowest BCUT2D eigenvalue weighted by Crippen LogP contribution is -2.55. The number of aliphatic hydroxyl groups is 1. The number of fused-ring (bicyclic) bond motifs is 1. The molecule has 9 heteroatoms. The fourth-order valence-corrected chi connectivity index (χ4v) is 4.58. The van der Waals surface area contributed by atoms with Crippen LogP contribution in [0, 0.1) is 0 Å². The second kappa shape index (κ2) is 7.50. The first-order chi connectivity index (χ1) is 13.4. The molecule has 1 amide bonds. The van der Waals surface area contributed by atoms with Gasteiger partial charge in [-0.1, -0.05) is 0 Å². The van der Waals surface area contributed by atoms with Gasteiger partial charge in [0.05, 0.1) is 24.2 Å². The van der Waals surface area contributed by atoms with Crippen molar-refractivity contribution < 1.29 is 9.90 Å². The number of nitrogens with zero attached hydrogens (tertiary/aromatic N) is 3. The van der Waals surface area contributed by atoms with Crippen molar-refractivity contribution in [2.45, 2.75) is 25.0 Å². The Kier molecular flexibility index (Phi) is 5.05. The van der Waals surface area contributed by atoms with Crippen molar-refractivity contribution in [3.05, 3.63) is 51.6 Å². The van der Waals surface area contributed by atoms with Gasteiger partial charge < -0.3 is 20.0 Å². The van der Waals surface area contributed by atoms with Gasteiger partial charge in [-0.05, 0) is 43.5 Å². The number of thiophene rings is 1. The molecule has 4 rings (SSSR count). The number of hydrogen-bond donors (Lipinski definition) is 3. The molecule has 4 heterocycles. The first kappa shape index (κ1) is 18.9. The first-order valence-electron chi connectivity index (χ1n) is 9.23. The smallest absolute Gasteiger partial charge is 0.270 e. The van der Waals surface area contributed by atoms with E-state index in [0.29, 0.717) is 47.8 Å². The third-order valence-electron chi connectivity index (χ3n) is 5.02. The highest BCUT2D eigenvalue weighted by atomic mass is 32.1. The van der Waals surface area contributed by atoms with Crippen LogP contribution in [0.2, 0.25) is 0 Å². The molecule has 3 aromatic rings. The molecule has 1 fully saturated rings. The van der Waals surface area contributed by atoms with E-state index >= 15 is 0 Å². The maximum atomic E-state index is 12.6. The maximum Gasteiger partial charge on any atom is 0.270 e. The Bertz CT molecular complexity index is 1030. The molecule has 28 heavy (non-hydrogen) atoms. The van der Waals surface area contributed by atoms with Crippen molar-refractivity contribution in [3.63, 3.8) is 0 Å². The molecule has 0 radical (unpaired) electrons. The zero-order valence-electron chi connectivity index (χ0n) is 15.6. The lowest BCUT2D eigenvalue weighted by atomic mass is 9.92. The number of nitrogens with one attached hydrogen (secondary N) is 2. The minimum Gasteiger partial charge on any atom is -0.387 e. The first-order valence-corrected chi connectivity index (χ1v) is 10.1. The molecule has 1 aliphatic rings. The van der Waals surface area contributed by atoms with E-state index in [0.717, 1.165) is 6.42 Å². The van der Waals surface area contributed by atoms with Gasteiger partial charge in [-0.3, -0.25) is 14.5 Å². The number of hydrogen-bond acceptors (Lipinski definition) is 6. The number of carbonyl (C=O) groups is 1. The number of aromatic nitrogens is 3. The van der Waals surface area contributed by atoms with Gasteiger partial charge in [0, 0.05) is 19.3 Å². The Morgan fingerprint density at radius 2 is 2.32 bits per heavy atom. The predicted octanol–water partition coefficient (Wildman–Crippen LogP) is 1.41. The Morgan fingerprint density at radius 3 is 3.11 bits per heavy atom. The molecule has 1 unspecified atom stereocenters. The van der Waals surface area contributed by atoms with Crippen LogP contribution in [0.4, 0.5) is 0 Å². The summed E-state index contributed by atoms with van der Waals surface area (Å²) < 4.78 is 0.621. The summed E-state index contributed by atoms with van der Waals surface area (Å²) in [5.74, 6) is 0.469. The third-order valence-corrected chi connectivity index (χ3v) is 5.92. The van der Waals surface area contributed by atoms with E-state index in [9.17, 15) is 14.7 Å². The normalized spacial score (nSPS) is 20.2. The molecule has 0 aliphatic carbocycles. The highest BCUT2D eigenvalue weighted by Crippen LogP contribution is 2.24. The Hall–Kier alpha value is -2.49. The van der Waals surface area contributed by atoms with Crippen molar-refractivity contribution in [1.29, 1.82) is 0 Å². The predicted molar refractivity (Wildman–Crippen MR) is 107 cm³/mol. The van der Waals surface area contributed by atoms with E-state index in [-0.39, 0.29) is 18.0 Å². The van der Waals surface area contributed by atoms with E-state index in [2.05, 4.69) is 15.0 Å². The van der Waals surface area contributed by atoms with Gasteiger partial charge in [-0.25, -0.2) is 4.98 Å². The summed E-state index contributed by atoms with van der Waals surface area (Å²) in [6.45, 7) is 1.71. The molecule has 1 saturated heterocycles. The second-order valence-electron chi connectivity index (χ2n) is 7.46. The number of carbonyl (C=O) groups excluding carboxylic acids is 1. The summed E-state index contributed by atoms with van der Waals surface area (Å²) in [5.41, 5.74) is 0.0874. The molecule has 0 bridgehead atoms. The molecule has 3 N–H and O–H groups in total. The van der Waals surface area contributed by atoms with Crippen LogP contribution < -0.4 is 5.56 Å². The van der Waals surface area contributed by atoms with Crippen molar-refractivity contribution in [3.8, 4) is 0 Å². The Balaban J connectivity index is 1.43. The van der Waals surface area contributed by atoms with E-state index < -0.39 is 5.60 Å². The molecule has 148 valence electrons. The molecule has 1 atom stereocenters. The van der Waals surface area contributed by atoms with Gasteiger partial charge >= 0.3 is 0 Å². The van der Waals surface area contributed by atoms with Crippen molar-refractivity contribution in [2.24, 2.45) is 0 Å². The van der Waals surface area contributed by atoms with Crippen LogP contribution in [0.5, 0.6) is 0 Å². The molecular formula is C19H23N5O3S. The number of piperidine rings is 1. The van der Waals surface area contributed by atoms with Crippen LogP contribution in [0.15, 0.2) is 34.6 Å². The highest BCUT2D eigenvalue weighted by Gasteiger charge is 2.36. The van der Waals surface area contributed by atoms with Gasteiger partial charge in [-0.15, -0.1) is 11.3 Å². The number of rotatable bonds is 5. The van der Waals surface area contributed by atoms with Crippen molar-refractivity contribution >= 4 is 27.5 Å². The lowest BCUT2D eigenvalue weighted by Gasteiger charge is -2.41. The molecule has 1 aliphatic heterocycles. The lowest BCUT2D eigenvalue weighted by molar-refractivity contribution is -0.0442. The van der Waals surface area contributed by atoms with Crippen LogP contribution in [0.1, 0.15) is 29.2 Å². The standard InChI is InChI=1S/C19H23N5O3S/c1-23(10-15-21-13-5-9-28-16(13)17(25)22-15)11-19(27)6-3-8-24(12-19)18(26)14-4-2-7-20-14/h2,4-5,7,9,20,27H,3,6,8,10-12H2,1H3,(H,21,22,25). The molecule has 0 spiro atoms. The molecule has 3 aromatic heterocycles. The number of amides is 1. The summed E-state index contributed by atoms with van der Waals surface area (Å²) in [5, 5.41) is 12.9. The summed E-state index contributed by atoms with van der Waals surface area (Å²) in [6.07, 6.45) is 3.08. The largest absolute Gasteiger partial charge is 0.387 e. The van der Waals surface area contributed by atoms with Gasteiger partial charge in [0.25, 0.3) is 11.5 Å². The number of H-pyrrole nitrogens is 2. The minimum atomic E-state index is -0.998. The van der Waals surface area contributed by atoms with E-state index in [1.54, 1.807) is 23.2 Å². The SMILES string of the molecule is CN(Cc1nc2ccsc2c(=O)[nH]1)CC1(O)CCCN(C(=O)c2ccc[nH]2)C1. The van der Waals surface area contributed by atoms with Crippen molar-refractivity contribution in [1.82, 2.24) is 24.8 Å². The average Bonchev–Trinajstić information content (AvgIpc) is 3.32. The zero-order valence-corrected chi connectivity index (χ0v) is 16.5.